The number of aliphatic hydroxyl groups excluding tert-OH is 1. The van der Waals surface area contributed by atoms with Gasteiger partial charge in [-0.2, -0.15) is 0 Å². The van der Waals surface area contributed by atoms with Crippen LogP contribution in [0.15, 0.2) is 0 Å². The zero-order valence-corrected chi connectivity index (χ0v) is 7.38. The van der Waals surface area contributed by atoms with Crippen LogP contribution < -0.4 is 5.32 Å². The molecule has 1 atom stereocenters. The first-order valence-electron chi connectivity index (χ1n) is 4.86. The lowest BCUT2D eigenvalue weighted by atomic mass is 9.91. The van der Waals surface area contributed by atoms with Crippen molar-refractivity contribution in [2.45, 2.75) is 37.3 Å². The molecule has 1 aliphatic heterocycles. The van der Waals surface area contributed by atoms with Crippen LogP contribution in [0, 0.1) is 0 Å². The molecule has 3 nitrogen and oxygen atoms in total. The van der Waals surface area contributed by atoms with E-state index in [0.29, 0.717) is 0 Å². The Morgan fingerprint density at radius 2 is 2.17 bits per heavy atom. The summed E-state index contributed by atoms with van der Waals surface area (Å²) in [5.41, 5.74) is -0.0208. The first kappa shape index (κ1) is 8.48. The quantitative estimate of drug-likeness (QED) is 0.595. The summed E-state index contributed by atoms with van der Waals surface area (Å²) in [7, 11) is 0. The average Bonchev–Trinajstić information content (AvgIpc) is 2.55. The second-order valence-corrected chi connectivity index (χ2v) is 3.81. The molecule has 0 amide bonds. The van der Waals surface area contributed by atoms with Crippen molar-refractivity contribution >= 4 is 0 Å². The third kappa shape index (κ3) is 1.26. The normalized spacial score (nSPS) is 34.2. The number of hydrogen-bond acceptors (Lipinski definition) is 3. The van der Waals surface area contributed by atoms with Crippen LogP contribution in [0.4, 0.5) is 0 Å². The monoisotopic (exact) mass is 171 g/mol. The van der Waals surface area contributed by atoms with E-state index < -0.39 is 0 Å². The first-order chi connectivity index (χ1) is 5.87. The Kier molecular flexibility index (Phi) is 2.35. The molecule has 0 radical (unpaired) electrons. The van der Waals surface area contributed by atoms with E-state index >= 15 is 0 Å². The summed E-state index contributed by atoms with van der Waals surface area (Å²) >= 11 is 0. The number of ether oxygens (including phenoxy) is 1. The van der Waals surface area contributed by atoms with E-state index in [4.69, 9.17) is 4.74 Å². The van der Waals surface area contributed by atoms with Gasteiger partial charge in [0.1, 0.15) is 0 Å². The Morgan fingerprint density at radius 1 is 1.42 bits per heavy atom. The maximum Gasteiger partial charge on any atom is 0.0857 e. The number of rotatable bonds is 1. The van der Waals surface area contributed by atoms with Gasteiger partial charge in [0.15, 0.2) is 0 Å². The first-order valence-corrected chi connectivity index (χ1v) is 4.86. The second-order valence-electron chi connectivity index (χ2n) is 3.81. The Hall–Kier alpha value is -0.120. The van der Waals surface area contributed by atoms with E-state index in [9.17, 15) is 5.11 Å². The smallest absolute Gasteiger partial charge is 0.0857 e. The largest absolute Gasteiger partial charge is 0.395 e. The minimum Gasteiger partial charge on any atom is -0.395 e. The summed E-state index contributed by atoms with van der Waals surface area (Å²) in [5.74, 6) is 0. The van der Waals surface area contributed by atoms with Gasteiger partial charge in [-0.05, 0) is 12.8 Å². The highest BCUT2D eigenvalue weighted by Crippen LogP contribution is 2.37. The Labute approximate surface area is 73.1 Å². The van der Waals surface area contributed by atoms with E-state index in [1.54, 1.807) is 0 Å². The molecule has 1 spiro atoms. The highest BCUT2D eigenvalue weighted by molar-refractivity contribution is 4.98. The van der Waals surface area contributed by atoms with Crippen LogP contribution in [0.1, 0.15) is 25.7 Å². The molecule has 12 heavy (non-hydrogen) atoms. The lowest BCUT2D eigenvalue weighted by molar-refractivity contribution is -0.102. The molecule has 1 unspecified atom stereocenters. The minimum atomic E-state index is -0.0208. The maximum absolute atomic E-state index is 9.17. The molecular formula is C9H17NO2. The third-order valence-corrected chi connectivity index (χ3v) is 3.15. The summed E-state index contributed by atoms with van der Waals surface area (Å²) in [5, 5.41) is 12.5. The zero-order chi connectivity index (χ0) is 8.44. The van der Waals surface area contributed by atoms with Gasteiger partial charge in [-0.15, -0.1) is 0 Å². The zero-order valence-electron chi connectivity index (χ0n) is 7.38. The van der Waals surface area contributed by atoms with Crippen LogP contribution in [-0.4, -0.2) is 36.5 Å². The van der Waals surface area contributed by atoms with Crippen LogP contribution in [0.5, 0.6) is 0 Å². The van der Waals surface area contributed by atoms with Crippen molar-refractivity contribution in [2.24, 2.45) is 0 Å². The van der Waals surface area contributed by atoms with Crippen molar-refractivity contribution in [1.29, 1.82) is 0 Å². The van der Waals surface area contributed by atoms with Gasteiger partial charge >= 0.3 is 0 Å². The van der Waals surface area contributed by atoms with Gasteiger partial charge in [-0.1, -0.05) is 12.8 Å². The highest BCUT2D eigenvalue weighted by atomic mass is 16.5. The van der Waals surface area contributed by atoms with Crippen molar-refractivity contribution in [3.05, 3.63) is 0 Å². The Morgan fingerprint density at radius 3 is 2.83 bits per heavy atom. The molecular weight excluding hydrogens is 154 g/mol. The minimum absolute atomic E-state index is 0.0208. The van der Waals surface area contributed by atoms with E-state index in [1.165, 1.54) is 12.8 Å². The summed E-state index contributed by atoms with van der Waals surface area (Å²) in [6.07, 6.45) is 4.73. The lowest BCUT2D eigenvalue weighted by Gasteiger charge is -2.41. The fraction of sp³-hybridized carbons (Fsp3) is 1.00. The van der Waals surface area contributed by atoms with Crippen molar-refractivity contribution in [1.82, 2.24) is 5.32 Å². The van der Waals surface area contributed by atoms with Gasteiger partial charge in [0.05, 0.1) is 24.9 Å². The van der Waals surface area contributed by atoms with Gasteiger partial charge in [0, 0.05) is 6.54 Å². The molecule has 2 fully saturated rings. The predicted molar refractivity (Wildman–Crippen MR) is 46.0 cm³/mol. The summed E-state index contributed by atoms with van der Waals surface area (Å²) in [6, 6.07) is 0.175. The SMILES string of the molecule is OCC1NCCOC12CCCC2. The molecule has 0 bridgehead atoms. The van der Waals surface area contributed by atoms with Gasteiger partial charge in [-0.3, -0.25) is 0 Å². The fourth-order valence-electron chi connectivity index (χ4n) is 2.47. The van der Waals surface area contributed by atoms with E-state index in [1.807, 2.05) is 0 Å². The number of morpholine rings is 1. The van der Waals surface area contributed by atoms with E-state index in [-0.39, 0.29) is 18.2 Å². The molecule has 1 heterocycles. The van der Waals surface area contributed by atoms with Gasteiger partial charge in [0.25, 0.3) is 0 Å². The summed E-state index contributed by atoms with van der Waals surface area (Å²) < 4.78 is 5.81. The standard InChI is InChI=1S/C9H17NO2/c11-7-8-9(3-1-2-4-9)12-6-5-10-8/h8,10-11H,1-7H2. The molecule has 70 valence electrons. The molecule has 3 heteroatoms. The average molecular weight is 171 g/mol. The Bertz CT molecular complexity index is 155. The van der Waals surface area contributed by atoms with Crippen molar-refractivity contribution in [3.63, 3.8) is 0 Å². The van der Waals surface area contributed by atoms with Crippen LogP contribution in [0.25, 0.3) is 0 Å². The second kappa shape index (κ2) is 3.32. The van der Waals surface area contributed by atoms with Crippen molar-refractivity contribution in [3.8, 4) is 0 Å². The maximum atomic E-state index is 9.17. The van der Waals surface area contributed by atoms with Gasteiger partial charge < -0.3 is 15.2 Å². The molecule has 1 saturated heterocycles. The van der Waals surface area contributed by atoms with Crippen LogP contribution in [0.2, 0.25) is 0 Å². The Balaban J connectivity index is 2.07. The number of hydrogen-bond donors (Lipinski definition) is 2. The van der Waals surface area contributed by atoms with Crippen LogP contribution in [0.3, 0.4) is 0 Å². The van der Waals surface area contributed by atoms with E-state index in [2.05, 4.69) is 5.32 Å². The lowest BCUT2D eigenvalue weighted by Crippen LogP contribution is -2.58. The molecule has 2 aliphatic rings. The number of nitrogens with one attached hydrogen (secondary N) is 1. The number of aliphatic hydroxyl groups is 1. The predicted octanol–water partition coefficient (Wildman–Crippen LogP) is 0.280. The molecule has 2 rings (SSSR count). The molecule has 1 aliphatic carbocycles. The van der Waals surface area contributed by atoms with Crippen molar-refractivity contribution < 1.29 is 9.84 Å². The van der Waals surface area contributed by atoms with Gasteiger partial charge in [0.2, 0.25) is 0 Å². The summed E-state index contributed by atoms with van der Waals surface area (Å²) in [6.45, 7) is 1.89. The van der Waals surface area contributed by atoms with Gasteiger partial charge in [-0.25, -0.2) is 0 Å². The third-order valence-electron chi connectivity index (χ3n) is 3.15. The van der Waals surface area contributed by atoms with E-state index in [0.717, 1.165) is 26.0 Å². The van der Waals surface area contributed by atoms with Crippen LogP contribution >= 0.6 is 0 Å². The molecule has 2 N–H and O–H groups in total. The molecule has 0 aromatic rings. The molecule has 0 aromatic carbocycles. The molecule has 1 saturated carbocycles. The fourth-order valence-corrected chi connectivity index (χ4v) is 2.47. The summed E-state index contributed by atoms with van der Waals surface area (Å²) in [4.78, 5) is 0. The van der Waals surface area contributed by atoms with Crippen molar-refractivity contribution in [2.75, 3.05) is 19.8 Å². The topological polar surface area (TPSA) is 41.5 Å². The van der Waals surface area contributed by atoms with Crippen LogP contribution in [-0.2, 0) is 4.74 Å². The molecule has 0 aromatic heterocycles. The highest BCUT2D eigenvalue weighted by Gasteiger charge is 2.43.